The third-order valence-corrected chi connectivity index (χ3v) is 2.17. The van der Waals surface area contributed by atoms with E-state index in [1.165, 1.54) is 0 Å². The zero-order valence-electron chi connectivity index (χ0n) is 7.73. The van der Waals surface area contributed by atoms with E-state index in [2.05, 4.69) is 5.16 Å². The van der Waals surface area contributed by atoms with Gasteiger partial charge in [0.15, 0.2) is 5.75 Å². The van der Waals surface area contributed by atoms with Crippen molar-refractivity contribution in [1.82, 2.24) is 5.16 Å². The van der Waals surface area contributed by atoms with Crippen LogP contribution in [0.3, 0.4) is 0 Å². The summed E-state index contributed by atoms with van der Waals surface area (Å²) in [6.45, 7) is 0.632. The number of aryl methyl sites for hydroxylation is 1. The first kappa shape index (κ1) is 9.02. The quantitative estimate of drug-likeness (QED) is 0.771. The summed E-state index contributed by atoms with van der Waals surface area (Å²) >= 11 is 0. The molecule has 14 heavy (non-hydrogen) atoms. The minimum absolute atomic E-state index is 0.133. The van der Waals surface area contributed by atoms with Gasteiger partial charge >= 0.3 is 0 Å². The Morgan fingerprint density at radius 1 is 1.43 bits per heavy atom. The number of phenolic OH excluding ortho intramolecular Hbond substituents is 1. The number of para-hydroxylation sites is 1. The molecule has 0 aliphatic heterocycles. The van der Waals surface area contributed by atoms with E-state index >= 15 is 0 Å². The van der Waals surface area contributed by atoms with Crippen LogP contribution in [-0.4, -0.2) is 16.8 Å². The fourth-order valence-corrected chi connectivity index (χ4v) is 1.45. The van der Waals surface area contributed by atoms with Crippen LogP contribution in [0.4, 0.5) is 0 Å². The van der Waals surface area contributed by atoms with Crippen LogP contribution in [-0.2, 0) is 6.42 Å². The smallest absolute Gasteiger partial charge is 0.208 e. The predicted molar refractivity (Wildman–Crippen MR) is 53.0 cm³/mol. The van der Waals surface area contributed by atoms with E-state index in [0.29, 0.717) is 12.1 Å². The van der Waals surface area contributed by atoms with E-state index in [0.717, 1.165) is 23.9 Å². The van der Waals surface area contributed by atoms with Gasteiger partial charge < -0.3 is 15.4 Å². The molecule has 0 unspecified atom stereocenters. The Balaban J connectivity index is 2.42. The number of benzene rings is 1. The average Bonchev–Trinajstić information content (AvgIpc) is 2.60. The van der Waals surface area contributed by atoms with Crippen molar-refractivity contribution in [2.45, 2.75) is 12.8 Å². The number of hydrogen-bond donors (Lipinski definition) is 2. The Labute approximate surface area is 81.3 Å². The third kappa shape index (κ3) is 1.44. The van der Waals surface area contributed by atoms with Crippen LogP contribution in [0.15, 0.2) is 22.7 Å². The Morgan fingerprint density at radius 2 is 2.29 bits per heavy atom. The second kappa shape index (κ2) is 3.67. The first-order valence-corrected chi connectivity index (χ1v) is 4.59. The Hall–Kier alpha value is -1.55. The topological polar surface area (TPSA) is 72.3 Å². The van der Waals surface area contributed by atoms with E-state index in [9.17, 15) is 5.11 Å². The molecule has 0 atom stereocenters. The molecule has 1 heterocycles. The highest BCUT2D eigenvalue weighted by atomic mass is 16.5. The molecule has 0 fully saturated rings. The van der Waals surface area contributed by atoms with Crippen LogP contribution in [0.5, 0.6) is 5.75 Å². The minimum Gasteiger partial charge on any atom is -0.504 e. The van der Waals surface area contributed by atoms with E-state index in [-0.39, 0.29) is 5.75 Å². The van der Waals surface area contributed by atoms with Gasteiger partial charge in [-0.05, 0) is 31.5 Å². The largest absolute Gasteiger partial charge is 0.504 e. The third-order valence-electron chi connectivity index (χ3n) is 2.17. The van der Waals surface area contributed by atoms with Crippen LogP contribution in [0.2, 0.25) is 0 Å². The summed E-state index contributed by atoms with van der Waals surface area (Å²) in [7, 11) is 0. The van der Waals surface area contributed by atoms with Crippen LogP contribution in [0, 0.1) is 0 Å². The molecule has 0 bridgehead atoms. The summed E-state index contributed by atoms with van der Waals surface area (Å²) in [5.41, 5.74) is 6.73. The number of aromatic hydroxyl groups is 1. The molecular weight excluding hydrogens is 180 g/mol. The fraction of sp³-hybridized carbons (Fsp3) is 0.300. The van der Waals surface area contributed by atoms with E-state index in [1.54, 1.807) is 12.1 Å². The lowest BCUT2D eigenvalue weighted by atomic mass is 10.1. The number of phenols is 1. The average molecular weight is 192 g/mol. The Bertz CT molecular complexity index is 437. The van der Waals surface area contributed by atoms with Gasteiger partial charge in [-0.2, -0.15) is 0 Å². The molecule has 2 aromatic rings. The standard InChI is InChI=1S/C10H12N2O2/c11-6-2-4-8-7-3-1-5-9(13)10(7)14-12-8/h1,3,5,13H,2,4,6,11H2. The molecule has 0 saturated carbocycles. The van der Waals surface area contributed by atoms with Gasteiger partial charge in [-0.25, -0.2) is 0 Å². The first-order valence-electron chi connectivity index (χ1n) is 4.59. The number of fused-ring (bicyclic) bond motifs is 1. The highest BCUT2D eigenvalue weighted by Gasteiger charge is 2.09. The fourth-order valence-electron chi connectivity index (χ4n) is 1.45. The number of nitrogens with zero attached hydrogens (tertiary/aromatic N) is 1. The van der Waals surface area contributed by atoms with Crippen molar-refractivity contribution < 1.29 is 9.63 Å². The summed E-state index contributed by atoms with van der Waals surface area (Å²) in [5, 5.41) is 14.2. The lowest BCUT2D eigenvalue weighted by Crippen LogP contribution is -2.00. The van der Waals surface area contributed by atoms with Crippen LogP contribution in [0.25, 0.3) is 11.0 Å². The SMILES string of the molecule is NCCCc1noc2c(O)cccc12. The first-order chi connectivity index (χ1) is 6.83. The van der Waals surface area contributed by atoms with Crippen molar-refractivity contribution in [3.63, 3.8) is 0 Å². The lowest BCUT2D eigenvalue weighted by Gasteiger charge is -1.94. The van der Waals surface area contributed by atoms with Crippen molar-refractivity contribution in [1.29, 1.82) is 0 Å². The summed E-state index contributed by atoms with van der Waals surface area (Å²) in [6, 6.07) is 5.25. The van der Waals surface area contributed by atoms with Gasteiger partial charge in [0.1, 0.15) is 0 Å². The summed E-state index contributed by atoms with van der Waals surface area (Å²) in [4.78, 5) is 0. The van der Waals surface area contributed by atoms with Gasteiger partial charge in [0.05, 0.1) is 5.69 Å². The molecule has 0 saturated heterocycles. The van der Waals surface area contributed by atoms with Gasteiger partial charge in [0.25, 0.3) is 0 Å². The lowest BCUT2D eigenvalue weighted by molar-refractivity contribution is 0.416. The van der Waals surface area contributed by atoms with Gasteiger partial charge in [0.2, 0.25) is 5.58 Å². The van der Waals surface area contributed by atoms with E-state index < -0.39 is 0 Å². The van der Waals surface area contributed by atoms with Gasteiger partial charge in [-0.1, -0.05) is 11.2 Å². The number of rotatable bonds is 3. The normalized spacial score (nSPS) is 10.9. The molecule has 4 nitrogen and oxygen atoms in total. The molecule has 0 aliphatic carbocycles. The van der Waals surface area contributed by atoms with Gasteiger partial charge in [0, 0.05) is 5.39 Å². The predicted octanol–water partition coefficient (Wildman–Crippen LogP) is 1.42. The zero-order chi connectivity index (χ0) is 9.97. The number of aromatic nitrogens is 1. The molecular formula is C10H12N2O2. The maximum Gasteiger partial charge on any atom is 0.208 e. The molecule has 4 heteroatoms. The molecule has 1 aromatic carbocycles. The monoisotopic (exact) mass is 192 g/mol. The van der Waals surface area contributed by atoms with Gasteiger partial charge in [-0.3, -0.25) is 0 Å². The molecule has 0 amide bonds. The number of nitrogens with two attached hydrogens (primary N) is 1. The molecule has 74 valence electrons. The van der Waals surface area contributed by atoms with Crippen LogP contribution in [0.1, 0.15) is 12.1 Å². The second-order valence-corrected chi connectivity index (χ2v) is 3.18. The Morgan fingerprint density at radius 3 is 3.07 bits per heavy atom. The summed E-state index contributed by atoms with van der Waals surface area (Å²) < 4.78 is 5.04. The highest BCUT2D eigenvalue weighted by molar-refractivity contribution is 5.84. The van der Waals surface area contributed by atoms with E-state index in [1.807, 2.05) is 6.07 Å². The molecule has 0 aliphatic rings. The Kier molecular flexibility index (Phi) is 2.37. The zero-order valence-corrected chi connectivity index (χ0v) is 7.73. The molecule has 2 rings (SSSR count). The maximum absolute atomic E-state index is 9.45. The summed E-state index contributed by atoms with van der Waals surface area (Å²) in [5.74, 6) is 0.133. The van der Waals surface area contributed by atoms with Crippen molar-refractivity contribution in [2.24, 2.45) is 5.73 Å². The van der Waals surface area contributed by atoms with Crippen molar-refractivity contribution in [2.75, 3.05) is 6.54 Å². The van der Waals surface area contributed by atoms with Crippen LogP contribution < -0.4 is 5.73 Å². The second-order valence-electron chi connectivity index (χ2n) is 3.18. The molecule has 0 spiro atoms. The minimum atomic E-state index is 0.133. The maximum atomic E-state index is 9.45. The van der Waals surface area contributed by atoms with E-state index in [4.69, 9.17) is 10.3 Å². The van der Waals surface area contributed by atoms with Crippen molar-refractivity contribution in [3.8, 4) is 5.75 Å². The summed E-state index contributed by atoms with van der Waals surface area (Å²) in [6.07, 6.45) is 1.66. The van der Waals surface area contributed by atoms with Gasteiger partial charge in [-0.15, -0.1) is 0 Å². The highest BCUT2D eigenvalue weighted by Crippen LogP contribution is 2.26. The van der Waals surface area contributed by atoms with Crippen molar-refractivity contribution >= 4 is 11.0 Å². The van der Waals surface area contributed by atoms with Crippen molar-refractivity contribution in [3.05, 3.63) is 23.9 Å². The van der Waals surface area contributed by atoms with Crippen LogP contribution >= 0.6 is 0 Å². The molecule has 0 radical (unpaired) electrons. The number of hydrogen-bond acceptors (Lipinski definition) is 4. The molecule has 3 N–H and O–H groups in total. The molecule has 1 aromatic heterocycles.